The lowest BCUT2D eigenvalue weighted by Crippen LogP contribution is -2.46. The summed E-state index contributed by atoms with van der Waals surface area (Å²) < 4.78 is 13.8. The van der Waals surface area contributed by atoms with Gasteiger partial charge in [-0.05, 0) is 68.6 Å². The number of morpholine rings is 1. The fourth-order valence-electron chi connectivity index (χ4n) is 6.59. The molecule has 3 unspecified atom stereocenters. The highest BCUT2D eigenvalue weighted by Gasteiger charge is 2.39. The molecule has 2 aromatic heterocycles. The predicted molar refractivity (Wildman–Crippen MR) is 152 cm³/mol. The zero-order valence-electron chi connectivity index (χ0n) is 21.9. The Bertz CT molecular complexity index is 1490. The van der Waals surface area contributed by atoms with Gasteiger partial charge in [0.05, 0.1) is 49.3 Å². The van der Waals surface area contributed by atoms with Crippen molar-refractivity contribution >= 4 is 45.6 Å². The number of ether oxygens (including phenoxy) is 2. The number of nitrogens with one attached hydrogen (secondary N) is 2. The van der Waals surface area contributed by atoms with E-state index in [1.165, 1.54) is 25.7 Å². The van der Waals surface area contributed by atoms with E-state index >= 15 is 0 Å². The van der Waals surface area contributed by atoms with Crippen LogP contribution in [0.25, 0.3) is 10.9 Å². The molecule has 0 spiro atoms. The Kier molecular flexibility index (Phi) is 5.66. The van der Waals surface area contributed by atoms with Crippen LogP contribution in [0.3, 0.4) is 0 Å². The van der Waals surface area contributed by atoms with E-state index < -0.39 is 0 Å². The second kappa shape index (κ2) is 9.27. The molecule has 2 saturated heterocycles. The maximum absolute atomic E-state index is 13.6. The maximum Gasteiger partial charge on any atom is 0.295 e. The van der Waals surface area contributed by atoms with Gasteiger partial charge in [0.15, 0.2) is 5.82 Å². The van der Waals surface area contributed by atoms with Crippen molar-refractivity contribution in [3.63, 3.8) is 0 Å². The number of benzene rings is 1. The van der Waals surface area contributed by atoms with E-state index in [0.717, 1.165) is 48.1 Å². The molecule has 1 aromatic carbocycles. The Labute approximate surface area is 231 Å². The molecule has 3 aliphatic heterocycles. The van der Waals surface area contributed by atoms with E-state index in [9.17, 15) is 4.79 Å². The molecule has 2 N–H and O–H groups in total. The molecule has 10 heteroatoms. The largest absolute Gasteiger partial charge is 0.486 e. The summed E-state index contributed by atoms with van der Waals surface area (Å²) in [5, 5.41) is 8.64. The maximum atomic E-state index is 13.6. The van der Waals surface area contributed by atoms with Gasteiger partial charge in [-0.2, -0.15) is 4.98 Å². The second-order valence-electron chi connectivity index (χ2n) is 11.8. The van der Waals surface area contributed by atoms with E-state index in [1.54, 1.807) is 6.20 Å². The van der Waals surface area contributed by atoms with Gasteiger partial charge in [-0.1, -0.05) is 11.6 Å². The summed E-state index contributed by atoms with van der Waals surface area (Å²) in [4.78, 5) is 25.4. The second-order valence-corrected chi connectivity index (χ2v) is 12.2. The van der Waals surface area contributed by atoms with Crippen molar-refractivity contribution in [1.82, 2.24) is 14.5 Å². The van der Waals surface area contributed by atoms with E-state index in [-0.39, 0.29) is 5.56 Å². The molecule has 204 valence electrons. The first-order chi connectivity index (χ1) is 19.1. The van der Waals surface area contributed by atoms with Gasteiger partial charge in [-0.25, -0.2) is 4.98 Å². The fourth-order valence-corrected chi connectivity index (χ4v) is 6.73. The number of anilines is 4. The Morgan fingerprint density at radius 3 is 2.67 bits per heavy atom. The summed E-state index contributed by atoms with van der Waals surface area (Å²) >= 11 is 6.59. The molecule has 5 aliphatic rings. The molecule has 0 radical (unpaired) electrons. The number of nitrogens with zero attached hydrogens (tertiary/aromatic N) is 4. The molecular formula is C29H33ClN6O3. The smallest absolute Gasteiger partial charge is 0.295 e. The van der Waals surface area contributed by atoms with Crippen LogP contribution in [0, 0.1) is 11.8 Å². The molecule has 2 bridgehead atoms. The zero-order chi connectivity index (χ0) is 26.1. The van der Waals surface area contributed by atoms with Crippen LogP contribution in [0.4, 0.5) is 23.1 Å². The number of hydrogen-bond donors (Lipinski definition) is 2. The fraction of sp³-hybridized carbons (Fsp3) is 0.552. The lowest BCUT2D eigenvalue weighted by atomic mass is 10.1. The SMILES string of the molecule is O=c1c2c(c3cc(Nc4nc(N5C6CCC5COC6)ncc4Cl)ccc3n1CC1CC1)NC(C1CC1)CCO2. The number of pyridine rings is 1. The Morgan fingerprint density at radius 1 is 1.08 bits per heavy atom. The van der Waals surface area contributed by atoms with Gasteiger partial charge < -0.3 is 29.6 Å². The number of fused-ring (bicyclic) bond motifs is 5. The molecule has 3 aromatic rings. The summed E-state index contributed by atoms with van der Waals surface area (Å²) in [5.41, 5.74) is 2.58. The van der Waals surface area contributed by atoms with Crippen molar-refractivity contribution in [2.75, 3.05) is 35.4 Å². The molecule has 2 saturated carbocycles. The first kappa shape index (κ1) is 23.8. The standard InChI is InChI=1S/C29H33ClN6O3/c30-22-12-31-29(36-19-6-7-20(36)15-38-14-19)34-27(22)32-18-5-8-24-21(11-18)25-26(28(37)35(24)13-16-1-2-16)39-10-9-23(33-25)17-3-4-17/h5,8,11-12,16-17,19-20,23,33H,1-4,6-7,9-10,13-15H2,(H,31,32,34). The van der Waals surface area contributed by atoms with Crippen molar-refractivity contribution in [3.05, 3.63) is 39.8 Å². The van der Waals surface area contributed by atoms with E-state index in [0.29, 0.717) is 72.3 Å². The minimum atomic E-state index is -0.0299. The zero-order valence-corrected chi connectivity index (χ0v) is 22.6. The minimum Gasteiger partial charge on any atom is -0.486 e. The monoisotopic (exact) mass is 548 g/mol. The highest BCUT2D eigenvalue weighted by molar-refractivity contribution is 6.33. The minimum absolute atomic E-state index is 0.0299. The quantitative estimate of drug-likeness (QED) is 0.447. The predicted octanol–water partition coefficient (Wildman–Crippen LogP) is 4.94. The molecular weight excluding hydrogens is 516 g/mol. The van der Waals surface area contributed by atoms with Crippen LogP contribution in [0.15, 0.2) is 29.2 Å². The summed E-state index contributed by atoms with van der Waals surface area (Å²) in [5.74, 6) is 2.93. The summed E-state index contributed by atoms with van der Waals surface area (Å²) in [6.07, 6.45) is 9.58. The van der Waals surface area contributed by atoms with Gasteiger partial charge in [-0.3, -0.25) is 4.79 Å². The van der Waals surface area contributed by atoms with Crippen molar-refractivity contribution in [2.45, 2.75) is 69.6 Å². The summed E-state index contributed by atoms with van der Waals surface area (Å²) in [6, 6.07) is 7.08. The van der Waals surface area contributed by atoms with Crippen LogP contribution in [0.2, 0.25) is 5.02 Å². The van der Waals surface area contributed by atoms with Gasteiger partial charge in [0.2, 0.25) is 11.7 Å². The molecule has 3 atom stereocenters. The van der Waals surface area contributed by atoms with Crippen LogP contribution in [-0.2, 0) is 11.3 Å². The third kappa shape index (κ3) is 4.30. The number of hydrogen-bond acceptors (Lipinski definition) is 8. The van der Waals surface area contributed by atoms with Crippen LogP contribution in [0.1, 0.15) is 44.9 Å². The third-order valence-electron chi connectivity index (χ3n) is 9.02. The highest BCUT2D eigenvalue weighted by atomic mass is 35.5. The normalized spacial score (nSPS) is 26.1. The lowest BCUT2D eigenvalue weighted by Gasteiger charge is -2.34. The lowest BCUT2D eigenvalue weighted by molar-refractivity contribution is 0.0897. The van der Waals surface area contributed by atoms with E-state index in [1.807, 2.05) is 16.7 Å². The van der Waals surface area contributed by atoms with Gasteiger partial charge in [-0.15, -0.1) is 0 Å². The molecule has 9 nitrogen and oxygen atoms in total. The molecule has 8 rings (SSSR count). The topological polar surface area (TPSA) is 93.5 Å². The van der Waals surface area contributed by atoms with Crippen molar-refractivity contribution < 1.29 is 9.47 Å². The Morgan fingerprint density at radius 2 is 1.90 bits per heavy atom. The van der Waals surface area contributed by atoms with Crippen molar-refractivity contribution in [1.29, 1.82) is 0 Å². The van der Waals surface area contributed by atoms with Gasteiger partial charge in [0.1, 0.15) is 5.02 Å². The average Bonchev–Trinajstić information content (AvgIpc) is 3.85. The van der Waals surface area contributed by atoms with Crippen molar-refractivity contribution in [3.8, 4) is 5.75 Å². The molecule has 4 fully saturated rings. The Hall–Kier alpha value is -3.04. The Balaban J connectivity index is 1.19. The van der Waals surface area contributed by atoms with Gasteiger partial charge in [0.25, 0.3) is 5.56 Å². The first-order valence-corrected chi connectivity index (χ1v) is 14.8. The van der Waals surface area contributed by atoms with Crippen LogP contribution < -0.4 is 25.8 Å². The summed E-state index contributed by atoms with van der Waals surface area (Å²) in [6.45, 7) is 2.71. The van der Waals surface area contributed by atoms with Crippen LogP contribution in [-0.4, -0.2) is 52.5 Å². The van der Waals surface area contributed by atoms with E-state index in [4.69, 9.17) is 26.1 Å². The van der Waals surface area contributed by atoms with Gasteiger partial charge in [0, 0.05) is 30.1 Å². The third-order valence-corrected chi connectivity index (χ3v) is 9.30. The van der Waals surface area contributed by atoms with Crippen LogP contribution in [0.5, 0.6) is 5.75 Å². The summed E-state index contributed by atoms with van der Waals surface area (Å²) in [7, 11) is 0. The average molecular weight is 549 g/mol. The van der Waals surface area contributed by atoms with Crippen LogP contribution >= 0.6 is 11.6 Å². The molecule has 0 amide bonds. The molecule has 5 heterocycles. The van der Waals surface area contributed by atoms with Gasteiger partial charge >= 0.3 is 0 Å². The highest BCUT2D eigenvalue weighted by Crippen LogP contribution is 2.42. The van der Waals surface area contributed by atoms with Crippen molar-refractivity contribution in [2.24, 2.45) is 11.8 Å². The number of halogens is 1. The molecule has 2 aliphatic carbocycles. The first-order valence-electron chi connectivity index (χ1n) is 14.4. The number of aromatic nitrogens is 3. The number of rotatable bonds is 6. The molecule has 39 heavy (non-hydrogen) atoms. The van der Waals surface area contributed by atoms with E-state index in [2.05, 4.69) is 26.6 Å².